The molecule has 0 fully saturated rings. The molecule has 0 aliphatic heterocycles. The molecular formula is C22H25N5O4S. The number of methoxy groups -OCH3 is 1. The average molecular weight is 456 g/mol. The molecule has 4 aromatic rings. The number of amides is 1. The van der Waals surface area contributed by atoms with Crippen molar-refractivity contribution in [2.45, 2.75) is 39.9 Å². The molecule has 0 saturated carbocycles. The summed E-state index contributed by atoms with van der Waals surface area (Å²) in [6.45, 7) is 4.68. The Morgan fingerprint density at radius 2 is 1.94 bits per heavy atom. The molecule has 0 unspecified atom stereocenters. The molecule has 0 saturated heterocycles. The second-order valence-corrected chi connectivity index (χ2v) is 8.89. The highest BCUT2D eigenvalue weighted by Gasteiger charge is 2.19. The van der Waals surface area contributed by atoms with Crippen molar-refractivity contribution in [2.75, 3.05) is 7.11 Å². The van der Waals surface area contributed by atoms with Gasteiger partial charge in [0.2, 0.25) is 11.7 Å². The van der Waals surface area contributed by atoms with Crippen LogP contribution in [0.4, 0.5) is 0 Å². The smallest absolute Gasteiger partial charge is 0.352 e. The third-order valence-electron chi connectivity index (χ3n) is 5.26. The van der Waals surface area contributed by atoms with Crippen molar-refractivity contribution in [3.8, 4) is 5.75 Å². The quantitative estimate of drug-likeness (QED) is 0.439. The van der Waals surface area contributed by atoms with E-state index in [2.05, 4.69) is 24.3 Å². The first-order valence-corrected chi connectivity index (χ1v) is 11.3. The number of nitrogens with one attached hydrogen (secondary N) is 1. The van der Waals surface area contributed by atoms with Crippen molar-refractivity contribution in [2.24, 2.45) is 5.92 Å². The lowest BCUT2D eigenvalue weighted by atomic mass is 10.1. The number of aryl methyl sites for hydroxylation is 1. The Balaban J connectivity index is 1.62. The lowest BCUT2D eigenvalue weighted by Gasteiger charge is -2.09. The van der Waals surface area contributed by atoms with Gasteiger partial charge in [-0.15, -0.1) is 16.4 Å². The Morgan fingerprint density at radius 1 is 1.19 bits per heavy atom. The van der Waals surface area contributed by atoms with Crippen molar-refractivity contribution >= 4 is 33.2 Å². The van der Waals surface area contributed by atoms with E-state index >= 15 is 0 Å². The van der Waals surface area contributed by atoms with Crippen molar-refractivity contribution in [3.63, 3.8) is 0 Å². The molecule has 1 aromatic carbocycles. The highest BCUT2D eigenvalue weighted by molar-refractivity contribution is 7.17. The Bertz CT molecular complexity index is 1380. The van der Waals surface area contributed by atoms with Crippen LogP contribution in [0, 0.1) is 5.92 Å². The number of aromatic nitrogens is 4. The molecule has 1 N–H and O–H groups in total. The van der Waals surface area contributed by atoms with Gasteiger partial charge in [0, 0.05) is 13.1 Å². The summed E-state index contributed by atoms with van der Waals surface area (Å²) >= 11 is 1.30. The number of thiophene rings is 1. The number of carbonyl (C=O) groups is 1. The summed E-state index contributed by atoms with van der Waals surface area (Å²) in [6.07, 6.45) is 0.774. The fraction of sp³-hybridized carbons (Fsp3) is 0.364. The van der Waals surface area contributed by atoms with Crippen LogP contribution in [0.2, 0.25) is 0 Å². The number of ether oxygens (including phenoxy) is 1. The van der Waals surface area contributed by atoms with E-state index in [4.69, 9.17) is 4.74 Å². The standard InChI is InChI=1S/C22H25N5O4S/c1-14(2)8-10-25-20(29)19-17(9-11-32-19)27-21(25)24-26(22(27)30)13-18(28)23-12-15-4-6-16(31-3)7-5-15/h4-7,9,11,14H,8,10,12-13H2,1-3H3,(H,23,28). The number of fused-ring (bicyclic) bond motifs is 3. The van der Waals surface area contributed by atoms with E-state index < -0.39 is 5.69 Å². The fourth-order valence-corrected chi connectivity index (χ4v) is 4.29. The van der Waals surface area contributed by atoms with Crippen LogP contribution >= 0.6 is 11.3 Å². The van der Waals surface area contributed by atoms with Crippen LogP contribution in [0.15, 0.2) is 45.3 Å². The zero-order chi connectivity index (χ0) is 22.8. The second kappa shape index (κ2) is 8.99. The number of hydrogen-bond acceptors (Lipinski definition) is 6. The number of rotatable bonds is 8. The molecule has 10 heteroatoms. The lowest BCUT2D eigenvalue weighted by Crippen LogP contribution is -2.32. The van der Waals surface area contributed by atoms with Crippen molar-refractivity contribution in [1.82, 2.24) is 24.1 Å². The van der Waals surface area contributed by atoms with Crippen LogP contribution in [0.5, 0.6) is 5.75 Å². The molecule has 0 atom stereocenters. The zero-order valence-electron chi connectivity index (χ0n) is 18.2. The van der Waals surface area contributed by atoms with Gasteiger partial charge in [0.1, 0.15) is 17.0 Å². The molecule has 0 bridgehead atoms. The Labute approximate surface area is 187 Å². The van der Waals surface area contributed by atoms with Gasteiger partial charge in [0.15, 0.2) is 0 Å². The molecular weight excluding hydrogens is 430 g/mol. The molecule has 0 aliphatic rings. The predicted octanol–water partition coefficient (Wildman–Crippen LogP) is 2.24. The van der Waals surface area contributed by atoms with Gasteiger partial charge in [-0.1, -0.05) is 26.0 Å². The van der Waals surface area contributed by atoms with E-state index in [9.17, 15) is 14.4 Å². The number of benzene rings is 1. The van der Waals surface area contributed by atoms with E-state index in [0.29, 0.717) is 29.2 Å². The van der Waals surface area contributed by atoms with Crippen LogP contribution < -0.4 is 21.3 Å². The van der Waals surface area contributed by atoms with Gasteiger partial charge in [-0.25, -0.2) is 13.9 Å². The van der Waals surface area contributed by atoms with Crippen LogP contribution in [0.25, 0.3) is 16.0 Å². The molecule has 4 rings (SSSR count). The van der Waals surface area contributed by atoms with Crippen molar-refractivity contribution < 1.29 is 9.53 Å². The maximum Gasteiger partial charge on any atom is 0.352 e. The highest BCUT2D eigenvalue weighted by atomic mass is 32.1. The normalized spacial score (nSPS) is 11.5. The van der Waals surface area contributed by atoms with Gasteiger partial charge >= 0.3 is 5.69 Å². The summed E-state index contributed by atoms with van der Waals surface area (Å²) in [5, 5.41) is 8.94. The summed E-state index contributed by atoms with van der Waals surface area (Å²) in [4.78, 5) is 38.6. The Hall–Kier alpha value is -3.40. The topological polar surface area (TPSA) is 99.6 Å². The molecule has 32 heavy (non-hydrogen) atoms. The fourth-order valence-electron chi connectivity index (χ4n) is 3.46. The third-order valence-corrected chi connectivity index (χ3v) is 6.15. The molecule has 3 aromatic heterocycles. The Morgan fingerprint density at radius 3 is 2.62 bits per heavy atom. The van der Waals surface area contributed by atoms with Crippen LogP contribution in [-0.2, 0) is 24.4 Å². The zero-order valence-corrected chi connectivity index (χ0v) is 19.0. The maximum absolute atomic E-state index is 13.1. The predicted molar refractivity (Wildman–Crippen MR) is 123 cm³/mol. The van der Waals surface area contributed by atoms with Crippen LogP contribution in [0.3, 0.4) is 0 Å². The highest BCUT2D eigenvalue weighted by Crippen LogP contribution is 2.18. The molecule has 0 spiro atoms. The minimum atomic E-state index is -0.443. The minimum Gasteiger partial charge on any atom is -0.497 e. The number of carbonyl (C=O) groups excluding carboxylic acids is 1. The summed E-state index contributed by atoms with van der Waals surface area (Å²) in [7, 11) is 1.59. The average Bonchev–Trinajstić information content (AvgIpc) is 3.38. The van der Waals surface area contributed by atoms with E-state index in [1.165, 1.54) is 20.3 Å². The van der Waals surface area contributed by atoms with Gasteiger partial charge < -0.3 is 10.1 Å². The van der Waals surface area contributed by atoms with E-state index in [0.717, 1.165) is 22.4 Å². The first kappa shape index (κ1) is 21.8. The molecule has 1 amide bonds. The molecule has 168 valence electrons. The summed E-state index contributed by atoms with van der Waals surface area (Å²) in [5.74, 6) is 1.04. The molecule has 0 radical (unpaired) electrons. The van der Waals surface area contributed by atoms with Gasteiger partial charge in [0.25, 0.3) is 5.56 Å². The summed E-state index contributed by atoms with van der Waals surface area (Å²) in [6, 6.07) is 9.08. The Kier molecular flexibility index (Phi) is 6.13. The van der Waals surface area contributed by atoms with Crippen LogP contribution in [-0.4, -0.2) is 31.8 Å². The van der Waals surface area contributed by atoms with E-state index in [1.807, 2.05) is 24.3 Å². The van der Waals surface area contributed by atoms with Gasteiger partial charge in [-0.05, 0) is 41.5 Å². The maximum atomic E-state index is 13.1. The monoisotopic (exact) mass is 455 g/mol. The number of hydrogen-bond donors (Lipinski definition) is 1. The summed E-state index contributed by atoms with van der Waals surface area (Å²) < 4.78 is 9.70. The largest absolute Gasteiger partial charge is 0.497 e. The SMILES string of the molecule is COc1ccc(CNC(=O)Cn2nc3n(CCC(C)C)c(=O)c4sccc4n3c2=O)cc1. The first-order valence-electron chi connectivity index (χ1n) is 10.4. The van der Waals surface area contributed by atoms with Crippen molar-refractivity contribution in [1.29, 1.82) is 0 Å². The van der Waals surface area contributed by atoms with Crippen molar-refractivity contribution in [3.05, 3.63) is 62.1 Å². The van der Waals surface area contributed by atoms with Gasteiger partial charge in [-0.3, -0.25) is 14.2 Å². The minimum absolute atomic E-state index is 0.163. The lowest BCUT2D eigenvalue weighted by molar-refractivity contribution is -0.122. The number of nitrogens with zero attached hydrogens (tertiary/aromatic N) is 4. The third kappa shape index (κ3) is 4.18. The molecule has 0 aliphatic carbocycles. The second-order valence-electron chi connectivity index (χ2n) is 7.97. The van der Waals surface area contributed by atoms with Gasteiger partial charge in [0.05, 0.1) is 12.6 Å². The van der Waals surface area contributed by atoms with Gasteiger partial charge in [-0.2, -0.15) is 0 Å². The molecule has 9 nitrogen and oxygen atoms in total. The van der Waals surface area contributed by atoms with E-state index in [-0.39, 0.29) is 23.8 Å². The summed E-state index contributed by atoms with van der Waals surface area (Å²) in [5.41, 5.74) is 0.820. The molecule has 3 heterocycles. The first-order chi connectivity index (χ1) is 15.4. The van der Waals surface area contributed by atoms with E-state index in [1.54, 1.807) is 18.6 Å². The van der Waals surface area contributed by atoms with Crippen LogP contribution in [0.1, 0.15) is 25.8 Å².